The fourth-order valence-electron chi connectivity index (χ4n) is 2.52. The topological polar surface area (TPSA) is 89.2 Å². The molecule has 9 heteroatoms. The largest absolute Gasteiger partial charge is 0.411 e. The summed E-state index contributed by atoms with van der Waals surface area (Å²) in [5, 5.41) is 8.50. The van der Waals surface area contributed by atoms with Gasteiger partial charge in [-0.25, -0.2) is 8.42 Å². The number of hydrogen-bond acceptors (Lipinski definition) is 7. The third-order valence-electron chi connectivity index (χ3n) is 3.92. The van der Waals surface area contributed by atoms with Crippen LogP contribution in [0.3, 0.4) is 0 Å². The molecule has 0 aliphatic heterocycles. The zero-order valence-electron chi connectivity index (χ0n) is 15.1. The van der Waals surface area contributed by atoms with Crippen molar-refractivity contribution >= 4 is 21.8 Å². The first kappa shape index (κ1) is 19.5. The lowest BCUT2D eigenvalue weighted by atomic mass is 10.2. The van der Waals surface area contributed by atoms with Gasteiger partial charge in [-0.1, -0.05) is 37.7 Å². The molecular formula is C18H20N4O3S2. The van der Waals surface area contributed by atoms with Gasteiger partial charge in [0.1, 0.15) is 0 Å². The average molecular weight is 405 g/mol. The summed E-state index contributed by atoms with van der Waals surface area (Å²) < 4.78 is 32.5. The Bertz CT molecular complexity index is 987. The lowest BCUT2D eigenvalue weighted by Gasteiger charge is -2.18. The van der Waals surface area contributed by atoms with E-state index < -0.39 is 10.0 Å². The van der Waals surface area contributed by atoms with E-state index in [2.05, 4.69) is 15.2 Å². The quantitative estimate of drug-likeness (QED) is 0.531. The van der Waals surface area contributed by atoms with Crippen LogP contribution in [0.25, 0.3) is 11.5 Å². The smallest absolute Gasteiger partial charge is 0.277 e. The molecule has 27 heavy (non-hydrogen) atoms. The first-order valence-corrected chi connectivity index (χ1v) is 10.9. The Morgan fingerprint density at radius 1 is 1.11 bits per heavy atom. The molecule has 0 aliphatic carbocycles. The van der Waals surface area contributed by atoms with Gasteiger partial charge in [0.25, 0.3) is 5.22 Å². The fraction of sp³-hybridized carbons (Fsp3) is 0.278. The summed E-state index contributed by atoms with van der Waals surface area (Å²) in [4.78, 5) is 4.28. The van der Waals surface area contributed by atoms with Crippen LogP contribution in [0.1, 0.15) is 19.4 Å². The van der Waals surface area contributed by atoms with Crippen molar-refractivity contribution in [1.29, 1.82) is 0 Å². The van der Waals surface area contributed by atoms with Gasteiger partial charge < -0.3 is 4.42 Å². The van der Waals surface area contributed by atoms with Crippen LogP contribution in [0.15, 0.2) is 63.3 Å². The Morgan fingerprint density at radius 3 is 2.63 bits per heavy atom. The van der Waals surface area contributed by atoms with Gasteiger partial charge >= 0.3 is 0 Å². The third-order valence-corrected chi connectivity index (χ3v) is 6.85. The minimum atomic E-state index is -3.54. The van der Waals surface area contributed by atoms with Gasteiger partial charge in [0.2, 0.25) is 15.9 Å². The maximum absolute atomic E-state index is 12.7. The molecule has 3 aromatic rings. The molecule has 0 aliphatic rings. The van der Waals surface area contributed by atoms with Crippen molar-refractivity contribution in [2.24, 2.45) is 0 Å². The minimum absolute atomic E-state index is 0.214. The van der Waals surface area contributed by atoms with Gasteiger partial charge in [0.05, 0.1) is 4.90 Å². The molecule has 3 rings (SSSR count). The lowest BCUT2D eigenvalue weighted by molar-refractivity contribution is 0.445. The third kappa shape index (κ3) is 4.55. The van der Waals surface area contributed by atoms with Crippen LogP contribution < -0.4 is 0 Å². The van der Waals surface area contributed by atoms with Crippen LogP contribution in [0, 0.1) is 0 Å². The van der Waals surface area contributed by atoms with Gasteiger partial charge in [0, 0.05) is 36.8 Å². The summed E-state index contributed by atoms with van der Waals surface area (Å²) in [5.74, 6) is 0.951. The molecule has 0 N–H and O–H groups in total. The monoisotopic (exact) mass is 404 g/mol. The van der Waals surface area contributed by atoms with E-state index in [0.29, 0.717) is 35.5 Å². The maximum atomic E-state index is 12.7. The van der Waals surface area contributed by atoms with E-state index in [1.807, 2.05) is 26.0 Å². The summed E-state index contributed by atoms with van der Waals surface area (Å²) in [5.41, 5.74) is 1.62. The number of pyridine rings is 1. The van der Waals surface area contributed by atoms with Crippen molar-refractivity contribution in [3.8, 4) is 11.5 Å². The van der Waals surface area contributed by atoms with Crippen LogP contribution >= 0.6 is 11.8 Å². The molecule has 0 fully saturated rings. The summed E-state index contributed by atoms with van der Waals surface area (Å²) >= 11 is 1.40. The summed E-state index contributed by atoms with van der Waals surface area (Å²) in [6, 6.07) is 10.4. The number of hydrogen-bond donors (Lipinski definition) is 0. The van der Waals surface area contributed by atoms with E-state index >= 15 is 0 Å². The SMILES string of the molecule is CCN(CC)S(=O)(=O)c1cccc(-c2nnc(SCc3cccnc3)o2)c1. The number of sulfonamides is 1. The van der Waals surface area contributed by atoms with Crippen molar-refractivity contribution in [1.82, 2.24) is 19.5 Å². The van der Waals surface area contributed by atoms with Crippen molar-refractivity contribution < 1.29 is 12.8 Å². The Morgan fingerprint density at radius 2 is 1.93 bits per heavy atom. The Labute approximate surface area is 162 Å². The summed E-state index contributed by atoms with van der Waals surface area (Å²) in [7, 11) is -3.54. The molecule has 0 radical (unpaired) electrons. The molecular weight excluding hydrogens is 384 g/mol. The molecule has 1 aromatic carbocycles. The summed E-state index contributed by atoms with van der Waals surface area (Å²) in [6.45, 7) is 4.46. The van der Waals surface area contributed by atoms with E-state index in [9.17, 15) is 8.42 Å². The Kier molecular flexibility index (Phi) is 6.25. The van der Waals surface area contributed by atoms with Crippen LogP contribution in [0.2, 0.25) is 0 Å². The first-order chi connectivity index (χ1) is 13.0. The molecule has 7 nitrogen and oxygen atoms in total. The molecule has 0 atom stereocenters. The lowest BCUT2D eigenvalue weighted by Crippen LogP contribution is -2.30. The first-order valence-electron chi connectivity index (χ1n) is 8.50. The second-order valence-corrected chi connectivity index (χ2v) is 8.50. The highest BCUT2D eigenvalue weighted by Crippen LogP contribution is 2.27. The minimum Gasteiger partial charge on any atom is -0.411 e. The second-order valence-electron chi connectivity index (χ2n) is 5.64. The van der Waals surface area contributed by atoms with E-state index in [1.54, 1.807) is 36.7 Å². The van der Waals surface area contributed by atoms with Crippen LogP contribution in [-0.4, -0.2) is 41.0 Å². The number of aromatic nitrogens is 3. The molecule has 0 unspecified atom stereocenters. The van der Waals surface area contributed by atoms with E-state index in [4.69, 9.17) is 4.42 Å². The van der Waals surface area contributed by atoms with E-state index in [0.717, 1.165) is 5.56 Å². The molecule has 2 heterocycles. The van der Waals surface area contributed by atoms with Crippen molar-refractivity contribution in [2.75, 3.05) is 13.1 Å². The zero-order chi connectivity index (χ0) is 19.3. The normalized spacial score (nSPS) is 11.8. The number of rotatable bonds is 8. The van der Waals surface area contributed by atoms with Crippen LogP contribution in [0.5, 0.6) is 0 Å². The maximum Gasteiger partial charge on any atom is 0.277 e. The van der Waals surface area contributed by atoms with E-state index in [1.165, 1.54) is 16.1 Å². The van der Waals surface area contributed by atoms with Crippen LogP contribution in [0.4, 0.5) is 0 Å². The van der Waals surface area contributed by atoms with E-state index in [-0.39, 0.29) is 4.90 Å². The van der Waals surface area contributed by atoms with Gasteiger partial charge in [-0.15, -0.1) is 10.2 Å². The molecule has 142 valence electrons. The average Bonchev–Trinajstić information content (AvgIpc) is 3.17. The molecule has 0 saturated heterocycles. The molecule has 0 bridgehead atoms. The summed E-state index contributed by atoms with van der Waals surface area (Å²) in [6.07, 6.45) is 3.50. The molecule has 2 aromatic heterocycles. The predicted octanol–water partition coefficient (Wildman–Crippen LogP) is 3.45. The van der Waals surface area contributed by atoms with Crippen LogP contribution in [-0.2, 0) is 15.8 Å². The number of nitrogens with zero attached hydrogens (tertiary/aromatic N) is 4. The predicted molar refractivity (Wildman–Crippen MR) is 104 cm³/mol. The van der Waals surface area contributed by atoms with Gasteiger partial charge in [-0.05, 0) is 29.8 Å². The Balaban J connectivity index is 1.79. The number of thioether (sulfide) groups is 1. The highest BCUT2D eigenvalue weighted by molar-refractivity contribution is 7.98. The van der Waals surface area contributed by atoms with Crippen molar-refractivity contribution in [3.63, 3.8) is 0 Å². The van der Waals surface area contributed by atoms with Crippen molar-refractivity contribution in [2.45, 2.75) is 29.7 Å². The molecule has 0 amide bonds. The second kappa shape index (κ2) is 8.64. The van der Waals surface area contributed by atoms with Gasteiger partial charge in [-0.3, -0.25) is 4.98 Å². The molecule has 0 spiro atoms. The fourth-order valence-corrected chi connectivity index (χ4v) is 4.72. The highest BCUT2D eigenvalue weighted by Gasteiger charge is 2.22. The standard InChI is InChI=1S/C18H20N4O3S2/c1-3-22(4-2)27(23,24)16-9-5-8-15(11-16)17-20-21-18(25-17)26-13-14-7-6-10-19-12-14/h5-12H,3-4,13H2,1-2H3. The highest BCUT2D eigenvalue weighted by atomic mass is 32.2. The number of benzene rings is 1. The van der Waals surface area contributed by atoms with Gasteiger partial charge in [0.15, 0.2) is 0 Å². The molecule has 0 saturated carbocycles. The van der Waals surface area contributed by atoms with Crippen molar-refractivity contribution in [3.05, 3.63) is 54.4 Å². The zero-order valence-corrected chi connectivity index (χ0v) is 16.7. The Hall–Kier alpha value is -2.23. The van der Waals surface area contributed by atoms with Gasteiger partial charge in [-0.2, -0.15) is 4.31 Å².